The van der Waals surface area contributed by atoms with Crippen molar-refractivity contribution in [1.29, 1.82) is 0 Å². The number of benzene rings is 2. The topological polar surface area (TPSA) is 79.9 Å². The van der Waals surface area contributed by atoms with Crippen LogP contribution in [0.25, 0.3) is 0 Å². The molecule has 28 heavy (non-hydrogen) atoms. The lowest BCUT2D eigenvalue weighted by Gasteiger charge is -2.32. The number of nitrogens with zero attached hydrogens (tertiary/aromatic N) is 1. The molecule has 0 bridgehead atoms. The summed E-state index contributed by atoms with van der Waals surface area (Å²) in [4.78, 5) is 26.9. The van der Waals surface area contributed by atoms with Gasteiger partial charge in [-0.3, -0.25) is 4.79 Å². The fourth-order valence-corrected chi connectivity index (χ4v) is 3.20. The zero-order valence-electron chi connectivity index (χ0n) is 16.1. The van der Waals surface area contributed by atoms with Gasteiger partial charge < -0.3 is 25.0 Å². The summed E-state index contributed by atoms with van der Waals surface area (Å²) in [6.07, 6.45) is 1.54. The Kier molecular flexibility index (Phi) is 6.37. The van der Waals surface area contributed by atoms with Gasteiger partial charge in [0.2, 0.25) is 5.91 Å². The first-order chi connectivity index (χ1) is 13.6. The average molecular weight is 383 g/mol. The normalized spacial score (nSPS) is 16.2. The Morgan fingerprint density at radius 2 is 1.71 bits per heavy atom. The minimum atomic E-state index is -0.244. The minimum absolute atomic E-state index is 0.0796. The second kappa shape index (κ2) is 9.12. The second-order valence-electron chi connectivity index (χ2n) is 6.67. The highest BCUT2D eigenvalue weighted by atomic mass is 16.5. The molecule has 1 fully saturated rings. The van der Waals surface area contributed by atoms with E-state index in [2.05, 4.69) is 10.6 Å². The summed E-state index contributed by atoms with van der Waals surface area (Å²) < 4.78 is 10.3. The molecule has 1 heterocycles. The molecule has 0 aromatic heterocycles. The van der Waals surface area contributed by atoms with E-state index in [0.717, 1.165) is 18.6 Å². The molecule has 1 aliphatic rings. The van der Waals surface area contributed by atoms with Crippen LogP contribution < -0.4 is 20.1 Å². The molecule has 2 N–H and O–H groups in total. The van der Waals surface area contributed by atoms with Gasteiger partial charge in [-0.2, -0.15) is 0 Å². The van der Waals surface area contributed by atoms with Crippen molar-refractivity contribution in [3.05, 3.63) is 48.5 Å². The Morgan fingerprint density at radius 3 is 2.43 bits per heavy atom. The van der Waals surface area contributed by atoms with Crippen molar-refractivity contribution in [2.24, 2.45) is 5.92 Å². The minimum Gasteiger partial charge on any atom is -0.497 e. The monoisotopic (exact) mass is 383 g/mol. The molecule has 1 atom stereocenters. The van der Waals surface area contributed by atoms with Gasteiger partial charge in [-0.05, 0) is 49.2 Å². The van der Waals surface area contributed by atoms with E-state index in [1.165, 1.54) is 0 Å². The third-order valence-electron chi connectivity index (χ3n) is 4.76. The standard InChI is InChI=1S/C21H25N3O4/c1-27-18-10-8-16(9-11-18)22-20(25)15-5-4-12-24(14-15)21(26)23-17-6-3-7-19(13-17)28-2/h3,6-11,13,15H,4-5,12,14H2,1-2H3,(H,22,25)(H,23,26)/t15-/m0/s1. The summed E-state index contributed by atoms with van der Waals surface area (Å²) in [6, 6.07) is 14.2. The lowest BCUT2D eigenvalue weighted by molar-refractivity contribution is -0.121. The van der Waals surface area contributed by atoms with Gasteiger partial charge in [0.15, 0.2) is 0 Å². The second-order valence-corrected chi connectivity index (χ2v) is 6.67. The largest absolute Gasteiger partial charge is 0.497 e. The van der Waals surface area contributed by atoms with Crippen molar-refractivity contribution in [2.75, 3.05) is 37.9 Å². The number of likely N-dealkylation sites (tertiary alicyclic amines) is 1. The number of anilines is 2. The maximum Gasteiger partial charge on any atom is 0.321 e. The van der Waals surface area contributed by atoms with Crippen LogP contribution in [0.1, 0.15) is 12.8 Å². The van der Waals surface area contributed by atoms with E-state index in [1.807, 2.05) is 12.1 Å². The third kappa shape index (κ3) is 4.94. The molecule has 0 unspecified atom stereocenters. The van der Waals surface area contributed by atoms with E-state index in [-0.39, 0.29) is 17.9 Å². The number of carbonyl (C=O) groups is 2. The zero-order valence-corrected chi connectivity index (χ0v) is 16.1. The highest BCUT2D eigenvalue weighted by Crippen LogP contribution is 2.22. The summed E-state index contributed by atoms with van der Waals surface area (Å²) in [7, 11) is 3.18. The average Bonchev–Trinajstić information content (AvgIpc) is 2.74. The Morgan fingerprint density at radius 1 is 0.964 bits per heavy atom. The van der Waals surface area contributed by atoms with Crippen LogP contribution in [0.2, 0.25) is 0 Å². The Balaban J connectivity index is 1.57. The summed E-state index contributed by atoms with van der Waals surface area (Å²) in [5.41, 5.74) is 1.37. The van der Waals surface area contributed by atoms with Gasteiger partial charge in [-0.1, -0.05) is 6.07 Å². The van der Waals surface area contributed by atoms with E-state index in [4.69, 9.17) is 9.47 Å². The van der Waals surface area contributed by atoms with Gasteiger partial charge >= 0.3 is 6.03 Å². The van der Waals surface area contributed by atoms with Gasteiger partial charge in [0.1, 0.15) is 11.5 Å². The molecule has 0 aliphatic carbocycles. The van der Waals surface area contributed by atoms with Crippen molar-refractivity contribution in [1.82, 2.24) is 4.90 Å². The molecule has 7 heteroatoms. The van der Waals surface area contributed by atoms with Crippen molar-refractivity contribution in [3.63, 3.8) is 0 Å². The van der Waals surface area contributed by atoms with Crippen LogP contribution in [0.5, 0.6) is 11.5 Å². The number of rotatable bonds is 5. The molecule has 0 spiro atoms. The van der Waals surface area contributed by atoms with E-state index in [0.29, 0.717) is 30.2 Å². The van der Waals surface area contributed by atoms with E-state index < -0.39 is 0 Å². The highest BCUT2D eigenvalue weighted by molar-refractivity contribution is 5.94. The maximum absolute atomic E-state index is 12.6. The van der Waals surface area contributed by atoms with Crippen molar-refractivity contribution >= 4 is 23.3 Å². The zero-order chi connectivity index (χ0) is 19.9. The number of hydrogen-bond acceptors (Lipinski definition) is 4. The first-order valence-electron chi connectivity index (χ1n) is 9.24. The van der Waals surface area contributed by atoms with Crippen LogP contribution in [-0.2, 0) is 4.79 Å². The van der Waals surface area contributed by atoms with Crippen molar-refractivity contribution < 1.29 is 19.1 Å². The number of carbonyl (C=O) groups excluding carboxylic acids is 2. The molecular weight excluding hydrogens is 358 g/mol. The molecule has 0 radical (unpaired) electrons. The van der Waals surface area contributed by atoms with Crippen LogP contribution in [-0.4, -0.2) is 44.1 Å². The van der Waals surface area contributed by atoms with E-state index in [9.17, 15) is 9.59 Å². The first kappa shape index (κ1) is 19.5. The summed E-state index contributed by atoms with van der Waals surface area (Å²) in [6.45, 7) is 1.01. The van der Waals surface area contributed by atoms with Gasteiger partial charge in [-0.25, -0.2) is 4.79 Å². The first-order valence-corrected chi connectivity index (χ1v) is 9.24. The lowest BCUT2D eigenvalue weighted by atomic mass is 9.97. The number of methoxy groups -OCH3 is 2. The van der Waals surface area contributed by atoms with Gasteiger partial charge in [0.05, 0.1) is 20.1 Å². The Hall–Kier alpha value is -3.22. The van der Waals surface area contributed by atoms with Crippen LogP contribution >= 0.6 is 0 Å². The molecule has 3 rings (SSSR count). The molecular formula is C21H25N3O4. The summed E-state index contributed by atoms with van der Waals surface area (Å²) >= 11 is 0. The Bertz CT molecular complexity index is 823. The van der Waals surface area contributed by atoms with Gasteiger partial charge in [0.25, 0.3) is 0 Å². The summed E-state index contributed by atoms with van der Waals surface area (Å²) in [5.74, 6) is 1.08. The number of piperidine rings is 1. The van der Waals surface area contributed by atoms with E-state index >= 15 is 0 Å². The van der Waals surface area contributed by atoms with Crippen LogP contribution in [0.3, 0.4) is 0 Å². The predicted octanol–water partition coefficient (Wildman–Crippen LogP) is 3.59. The van der Waals surface area contributed by atoms with Gasteiger partial charge in [-0.15, -0.1) is 0 Å². The predicted molar refractivity (Wildman–Crippen MR) is 108 cm³/mol. The van der Waals surface area contributed by atoms with Crippen LogP contribution in [0.4, 0.5) is 16.2 Å². The molecule has 1 aliphatic heterocycles. The number of nitrogens with one attached hydrogen (secondary N) is 2. The number of urea groups is 1. The molecule has 7 nitrogen and oxygen atoms in total. The van der Waals surface area contributed by atoms with Crippen molar-refractivity contribution in [3.8, 4) is 11.5 Å². The maximum atomic E-state index is 12.6. The SMILES string of the molecule is COc1ccc(NC(=O)[C@H]2CCCN(C(=O)Nc3cccc(OC)c3)C2)cc1. The molecule has 0 saturated carbocycles. The smallest absolute Gasteiger partial charge is 0.321 e. The number of ether oxygens (including phenoxy) is 2. The molecule has 3 amide bonds. The summed E-state index contributed by atoms with van der Waals surface area (Å²) in [5, 5.41) is 5.79. The Labute approximate surface area is 164 Å². The fraction of sp³-hybridized carbons (Fsp3) is 0.333. The van der Waals surface area contributed by atoms with E-state index in [1.54, 1.807) is 55.5 Å². The van der Waals surface area contributed by atoms with Gasteiger partial charge in [0, 0.05) is 30.5 Å². The third-order valence-corrected chi connectivity index (χ3v) is 4.76. The molecule has 2 aromatic carbocycles. The fourth-order valence-electron chi connectivity index (χ4n) is 3.20. The van der Waals surface area contributed by atoms with Crippen molar-refractivity contribution in [2.45, 2.75) is 12.8 Å². The number of hydrogen-bond donors (Lipinski definition) is 2. The van der Waals surface area contributed by atoms with Crippen LogP contribution in [0.15, 0.2) is 48.5 Å². The lowest BCUT2D eigenvalue weighted by Crippen LogP contribution is -2.45. The highest BCUT2D eigenvalue weighted by Gasteiger charge is 2.28. The molecule has 1 saturated heterocycles. The number of amides is 3. The van der Waals surface area contributed by atoms with Crippen LogP contribution in [0, 0.1) is 5.92 Å². The molecule has 2 aromatic rings. The molecule has 148 valence electrons. The quantitative estimate of drug-likeness (QED) is 0.827.